The molecule has 0 aliphatic heterocycles. The van der Waals surface area contributed by atoms with E-state index in [9.17, 15) is 13.2 Å². The number of rotatable bonds is 10. The molecule has 0 radical (unpaired) electrons. The van der Waals surface area contributed by atoms with Crippen LogP contribution < -0.4 is 15.4 Å². The standard InChI is InChI=1S/C15H25N3O3S2.ClH/c1-12-4-6-13(7-5-12)23(20,21)18-14(8-11-22-3)15(19)17-10-9-16-2;/h4-7,14,16,18H,8-11H2,1-3H3,(H,17,19);1H. The molecule has 1 aromatic rings. The van der Waals surface area contributed by atoms with Crippen LogP contribution in [-0.4, -0.2) is 52.5 Å². The minimum absolute atomic E-state index is 0. The quantitative estimate of drug-likeness (QED) is 0.517. The van der Waals surface area contributed by atoms with E-state index >= 15 is 0 Å². The van der Waals surface area contributed by atoms with E-state index < -0.39 is 16.1 Å². The molecule has 0 spiro atoms. The van der Waals surface area contributed by atoms with E-state index in [1.165, 1.54) is 0 Å². The van der Waals surface area contributed by atoms with Gasteiger partial charge in [-0.25, -0.2) is 8.42 Å². The number of hydrogen-bond acceptors (Lipinski definition) is 5. The average molecular weight is 396 g/mol. The molecule has 1 atom stereocenters. The van der Waals surface area contributed by atoms with E-state index in [2.05, 4.69) is 15.4 Å². The van der Waals surface area contributed by atoms with Gasteiger partial charge in [-0.2, -0.15) is 16.5 Å². The number of thioether (sulfide) groups is 1. The van der Waals surface area contributed by atoms with Crippen molar-refractivity contribution in [2.75, 3.05) is 32.1 Å². The first kappa shape index (κ1) is 23.2. The molecule has 0 saturated carbocycles. The fraction of sp³-hybridized carbons (Fsp3) is 0.533. The van der Waals surface area contributed by atoms with Crippen molar-refractivity contribution in [3.05, 3.63) is 29.8 Å². The summed E-state index contributed by atoms with van der Waals surface area (Å²) >= 11 is 1.57. The minimum atomic E-state index is -3.72. The molecule has 0 aromatic heterocycles. The van der Waals surface area contributed by atoms with Crippen molar-refractivity contribution in [2.45, 2.75) is 24.3 Å². The third-order valence-corrected chi connectivity index (χ3v) is 5.36. The number of likely N-dealkylation sites (N-methyl/N-ethyl adjacent to an activating group) is 1. The molecule has 0 bridgehead atoms. The molecule has 3 N–H and O–H groups in total. The van der Waals surface area contributed by atoms with Gasteiger partial charge in [0.05, 0.1) is 4.90 Å². The van der Waals surface area contributed by atoms with E-state index in [0.717, 1.165) is 5.56 Å². The number of carbonyl (C=O) groups is 1. The Balaban J connectivity index is 0.00000529. The average Bonchev–Trinajstić information content (AvgIpc) is 2.52. The predicted molar refractivity (Wildman–Crippen MR) is 102 cm³/mol. The Hall–Kier alpha value is -0.800. The number of nitrogens with one attached hydrogen (secondary N) is 3. The molecular weight excluding hydrogens is 370 g/mol. The molecule has 1 amide bonds. The van der Waals surface area contributed by atoms with Crippen molar-refractivity contribution < 1.29 is 13.2 Å². The molecule has 0 heterocycles. The largest absolute Gasteiger partial charge is 0.353 e. The van der Waals surface area contributed by atoms with Gasteiger partial charge in [-0.15, -0.1) is 12.4 Å². The second-order valence-corrected chi connectivity index (χ2v) is 7.86. The monoisotopic (exact) mass is 395 g/mol. The van der Waals surface area contributed by atoms with Crippen LogP contribution in [0.4, 0.5) is 0 Å². The van der Waals surface area contributed by atoms with E-state index in [0.29, 0.717) is 25.3 Å². The SMILES string of the molecule is CNCCNC(=O)C(CCSC)NS(=O)(=O)c1ccc(C)cc1.Cl. The maximum atomic E-state index is 12.4. The van der Waals surface area contributed by atoms with Crippen LogP contribution in [0.1, 0.15) is 12.0 Å². The highest BCUT2D eigenvalue weighted by atomic mass is 35.5. The van der Waals surface area contributed by atoms with Crippen molar-refractivity contribution in [3.63, 3.8) is 0 Å². The van der Waals surface area contributed by atoms with Gasteiger partial charge in [-0.3, -0.25) is 4.79 Å². The Morgan fingerprint density at radius 1 is 1.21 bits per heavy atom. The highest BCUT2D eigenvalue weighted by Gasteiger charge is 2.25. The number of carbonyl (C=O) groups excluding carboxylic acids is 1. The van der Waals surface area contributed by atoms with Crippen molar-refractivity contribution >= 4 is 40.1 Å². The van der Waals surface area contributed by atoms with Gasteiger partial charge >= 0.3 is 0 Å². The Morgan fingerprint density at radius 3 is 2.38 bits per heavy atom. The Bertz CT molecular complexity index is 594. The maximum absolute atomic E-state index is 12.4. The van der Waals surface area contributed by atoms with E-state index in [4.69, 9.17) is 0 Å². The van der Waals surface area contributed by atoms with Crippen molar-refractivity contribution in [2.24, 2.45) is 0 Å². The summed E-state index contributed by atoms with van der Waals surface area (Å²) in [7, 11) is -1.93. The zero-order valence-electron chi connectivity index (χ0n) is 14.2. The van der Waals surface area contributed by atoms with Gasteiger partial charge in [0.1, 0.15) is 6.04 Å². The smallest absolute Gasteiger partial charge is 0.241 e. The van der Waals surface area contributed by atoms with Crippen molar-refractivity contribution in [3.8, 4) is 0 Å². The number of benzene rings is 1. The van der Waals surface area contributed by atoms with Crippen molar-refractivity contribution in [1.82, 2.24) is 15.4 Å². The second kappa shape index (κ2) is 11.7. The van der Waals surface area contributed by atoms with Gasteiger partial charge in [0.15, 0.2) is 0 Å². The number of aryl methyl sites for hydroxylation is 1. The lowest BCUT2D eigenvalue weighted by atomic mass is 10.2. The van der Waals surface area contributed by atoms with Crippen LogP contribution in [0.3, 0.4) is 0 Å². The summed E-state index contributed by atoms with van der Waals surface area (Å²) in [5, 5.41) is 5.67. The summed E-state index contributed by atoms with van der Waals surface area (Å²) < 4.78 is 27.4. The summed E-state index contributed by atoms with van der Waals surface area (Å²) in [6, 6.07) is 5.78. The zero-order chi connectivity index (χ0) is 17.3. The molecule has 1 rings (SSSR count). The summed E-state index contributed by atoms with van der Waals surface area (Å²) in [6.45, 7) is 2.98. The lowest BCUT2D eigenvalue weighted by Gasteiger charge is -2.18. The first-order valence-corrected chi connectivity index (χ1v) is 10.3. The molecule has 138 valence electrons. The lowest BCUT2D eigenvalue weighted by Crippen LogP contribution is -2.48. The molecule has 6 nitrogen and oxygen atoms in total. The molecule has 0 fully saturated rings. The van der Waals surface area contributed by atoms with Gasteiger partial charge in [0.25, 0.3) is 0 Å². The van der Waals surface area contributed by atoms with E-state index in [1.54, 1.807) is 43.1 Å². The summed E-state index contributed by atoms with van der Waals surface area (Å²) in [5.41, 5.74) is 0.979. The first-order chi connectivity index (χ1) is 10.9. The molecule has 0 saturated heterocycles. The minimum Gasteiger partial charge on any atom is -0.353 e. The Morgan fingerprint density at radius 2 is 1.83 bits per heavy atom. The Kier molecular flexibility index (Phi) is 11.3. The molecular formula is C15H26ClN3O3S2. The van der Waals surface area contributed by atoms with Gasteiger partial charge in [-0.05, 0) is 44.5 Å². The Labute approximate surface area is 155 Å². The highest BCUT2D eigenvalue weighted by molar-refractivity contribution is 7.98. The van der Waals surface area contributed by atoms with Crippen LogP contribution >= 0.6 is 24.2 Å². The molecule has 24 heavy (non-hydrogen) atoms. The topological polar surface area (TPSA) is 87.3 Å². The lowest BCUT2D eigenvalue weighted by molar-refractivity contribution is -0.122. The number of sulfonamides is 1. The van der Waals surface area contributed by atoms with Gasteiger partial charge in [0.2, 0.25) is 15.9 Å². The third kappa shape index (κ3) is 7.85. The summed E-state index contributed by atoms with van der Waals surface area (Å²) in [4.78, 5) is 12.4. The van der Waals surface area contributed by atoms with Gasteiger partial charge in [-0.1, -0.05) is 17.7 Å². The number of halogens is 1. The van der Waals surface area contributed by atoms with Gasteiger partial charge < -0.3 is 10.6 Å². The van der Waals surface area contributed by atoms with Gasteiger partial charge in [0, 0.05) is 13.1 Å². The highest BCUT2D eigenvalue weighted by Crippen LogP contribution is 2.12. The second-order valence-electron chi connectivity index (χ2n) is 5.16. The van der Waals surface area contributed by atoms with Crippen LogP contribution in [0.5, 0.6) is 0 Å². The van der Waals surface area contributed by atoms with Crippen LogP contribution in [0.25, 0.3) is 0 Å². The van der Waals surface area contributed by atoms with E-state index in [1.807, 2.05) is 13.2 Å². The number of hydrogen-bond donors (Lipinski definition) is 3. The molecule has 9 heteroatoms. The van der Waals surface area contributed by atoms with Crippen LogP contribution in [0.2, 0.25) is 0 Å². The molecule has 1 aromatic carbocycles. The van der Waals surface area contributed by atoms with Crippen LogP contribution in [0, 0.1) is 6.92 Å². The fourth-order valence-electron chi connectivity index (χ4n) is 1.89. The molecule has 0 aliphatic carbocycles. The van der Waals surface area contributed by atoms with E-state index in [-0.39, 0.29) is 23.2 Å². The summed E-state index contributed by atoms with van der Waals surface area (Å²) in [6.07, 6.45) is 2.36. The normalized spacial score (nSPS) is 12.3. The molecule has 1 unspecified atom stereocenters. The predicted octanol–water partition coefficient (Wildman–Crippen LogP) is 1.15. The zero-order valence-corrected chi connectivity index (χ0v) is 16.6. The third-order valence-electron chi connectivity index (χ3n) is 3.23. The number of amides is 1. The fourth-order valence-corrected chi connectivity index (χ4v) is 3.59. The summed E-state index contributed by atoms with van der Waals surface area (Å²) in [5.74, 6) is 0.394. The van der Waals surface area contributed by atoms with Crippen molar-refractivity contribution in [1.29, 1.82) is 0 Å². The maximum Gasteiger partial charge on any atom is 0.241 e. The first-order valence-electron chi connectivity index (χ1n) is 7.41. The van der Waals surface area contributed by atoms with Crippen LogP contribution in [0.15, 0.2) is 29.2 Å². The van der Waals surface area contributed by atoms with Crippen LogP contribution in [-0.2, 0) is 14.8 Å². The molecule has 0 aliphatic rings.